The molecule has 1 N–H and O–H groups in total. The summed E-state index contributed by atoms with van der Waals surface area (Å²) < 4.78 is 1.57. The summed E-state index contributed by atoms with van der Waals surface area (Å²) in [6.07, 6.45) is 1.63. The summed E-state index contributed by atoms with van der Waals surface area (Å²) >= 11 is 5.60. The van der Waals surface area contributed by atoms with E-state index >= 15 is 0 Å². The van der Waals surface area contributed by atoms with E-state index in [-0.39, 0.29) is 0 Å². The van der Waals surface area contributed by atoms with Crippen molar-refractivity contribution in [2.24, 2.45) is 0 Å². The van der Waals surface area contributed by atoms with Gasteiger partial charge in [0.1, 0.15) is 0 Å². The van der Waals surface area contributed by atoms with Crippen LogP contribution in [0.25, 0.3) is 5.65 Å². The molecular weight excluding hydrogens is 152 g/mol. The van der Waals surface area contributed by atoms with Crippen LogP contribution in [0.5, 0.6) is 0 Å². The third-order valence-corrected chi connectivity index (χ3v) is 1.37. The standard InChI is InChI=1S/C5H3ClN4/c6-4-1-2-5-8-7-3-10(5)9-4/h1-3H/p+1. The number of nitrogens with one attached hydrogen (secondary N) is 1. The second-order valence-corrected chi connectivity index (χ2v) is 2.22. The van der Waals surface area contributed by atoms with Crippen LogP contribution in [0.2, 0.25) is 5.15 Å². The first-order chi connectivity index (χ1) is 4.86. The molecule has 4 nitrogen and oxygen atoms in total. The number of rotatable bonds is 0. The van der Waals surface area contributed by atoms with Crippen LogP contribution >= 0.6 is 11.6 Å². The minimum Gasteiger partial charge on any atom is -0.125 e. The fraction of sp³-hybridized carbons (Fsp3) is 0. The quantitative estimate of drug-likeness (QED) is 0.553. The van der Waals surface area contributed by atoms with E-state index in [2.05, 4.69) is 15.3 Å². The lowest BCUT2D eigenvalue weighted by Crippen LogP contribution is -2.23. The summed E-state index contributed by atoms with van der Waals surface area (Å²) in [5.74, 6) is 0. The zero-order chi connectivity index (χ0) is 6.97. The summed E-state index contributed by atoms with van der Waals surface area (Å²) in [4.78, 5) is 0. The molecule has 0 spiro atoms. The molecule has 0 saturated heterocycles. The van der Waals surface area contributed by atoms with Gasteiger partial charge in [0.15, 0.2) is 5.15 Å². The average molecular weight is 156 g/mol. The Hall–Kier alpha value is -1.16. The molecule has 0 atom stereocenters. The van der Waals surface area contributed by atoms with Crippen LogP contribution in [-0.4, -0.2) is 15.3 Å². The van der Waals surface area contributed by atoms with Crippen molar-refractivity contribution in [3.63, 3.8) is 0 Å². The van der Waals surface area contributed by atoms with Gasteiger partial charge in [-0.3, -0.25) is 0 Å². The van der Waals surface area contributed by atoms with Crippen LogP contribution in [0.3, 0.4) is 0 Å². The average Bonchev–Trinajstić information content (AvgIpc) is 2.33. The van der Waals surface area contributed by atoms with Crippen LogP contribution in [0.15, 0.2) is 18.5 Å². The maximum Gasteiger partial charge on any atom is 0.325 e. The van der Waals surface area contributed by atoms with E-state index in [1.807, 2.05) is 0 Å². The smallest absolute Gasteiger partial charge is 0.125 e. The zero-order valence-electron chi connectivity index (χ0n) is 4.95. The highest BCUT2D eigenvalue weighted by Gasteiger charge is 2.02. The monoisotopic (exact) mass is 155 g/mol. The lowest BCUT2D eigenvalue weighted by Gasteiger charge is -1.81. The number of H-pyrrole nitrogens is 1. The Morgan fingerprint density at radius 2 is 2.40 bits per heavy atom. The molecule has 50 valence electrons. The Morgan fingerprint density at radius 3 is 3.30 bits per heavy atom. The molecule has 0 aliphatic carbocycles. The molecule has 5 heteroatoms. The van der Waals surface area contributed by atoms with Crippen LogP contribution in [0.4, 0.5) is 0 Å². The van der Waals surface area contributed by atoms with Gasteiger partial charge in [-0.2, -0.15) is 0 Å². The normalized spacial score (nSPS) is 10.5. The van der Waals surface area contributed by atoms with Gasteiger partial charge in [0, 0.05) is 11.2 Å². The first kappa shape index (κ1) is 5.61. The minimum atomic E-state index is 0.457. The number of hydrogen-bond donors (Lipinski definition) is 1. The molecule has 0 unspecified atom stereocenters. The molecule has 2 rings (SSSR count). The largest absolute Gasteiger partial charge is 0.325 e. The Morgan fingerprint density at radius 1 is 1.50 bits per heavy atom. The SMILES string of the molecule is Clc1ccc2n[nH]c[n+]2n1. The number of halogens is 1. The molecule has 0 radical (unpaired) electrons. The van der Waals surface area contributed by atoms with Crippen LogP contribution in [0.1, 0.15) is 0 Å². The third kappa shape index (κ3) is 0.733. The van der Waals surface area contributed by atoms with Gasteiger partial charge in [0.2, 0.25) is 6.33 Å². The first-order valence-corrected chi connectivity index (χ1v) is 3.12. The molecular formula is C5H4ClN4+. The van der Waals surface area contributed by atoms with E-state index in [1.165, 1.54) is 0 Å². The van der Waals surface area contributed by atoms with E-state index in [1.54, 1.807) is 23.0 Å². The second kappa shape index (κ2) is 1.91. The van der Waals surface area contributed by atoms with Crippen molar-refractivity contribution in [2.45, 2.75) is 0 Å². The lowest BCUT2D eigenvalue weighted by atomic mass is 10.6. The van der Waals surface area contributed by atoms with E-state index in [9.17, 15) is 0 Å². The predicted molar refractivity (Wildman–Crippen MR) is 34.6 cm³/mol. The van der Waals surface area contributed by atoms with E-state index in [0.29, 0.717) is 5.15 Å². The van der Waals surface area contributed by atoms with Crippen LogP contribution in [-0.2, 0) is 0 Å². The van der Waals surface area contributed by atoms with Crippen molar-refractivity contribution in [3.8, 4) is 0 Å². The molecule has 0 amide bonds. The lowest BCUT2D eigenvalue weighted by molar-refractivity contribution is -0.580. The zero-order valence-corrected chi connectivity index (χ0v) is 5.71. The topological polar surface area (TPSA) is 45.7 Å². The Kier molecular flexibility index (Phi) is 1.07. The fourth-order valence-electron chi connectivity index (χ4n) is 0.740. The van der Waals surface area contributed by atoms with Crippen molar-refractivity contribution < 1.29 is 4.52 Å². The van der Waals surface area contributed by atoms with Crippen molar-refractivity contribution in [2.75, 3.05) is 0 Å². The Bertz CT molecular complexity index is 355. The number of aromatic amines is 1. The van der Waals surface area contributed by atoms with Gasteiger partial charge in [-0.05, 0) is 6.07 Å². The summed E-state index contributed by atoms with van der Waals surface area (Å²) in [5, 5.41) is 10.9. The molecule has 0 fully saturated rings. The molecule has 0 aromatic carbocycles. The van der Waals surface area contributed by atoms with Crippen molar-refractivity contribution in [1.82, 2.24) is 15.3 Å². The van der Waals surface area contributed by atoms with Crippen LogP contribution < -0.4 is 4.52 Å². The highest BCUT2D eigenvalue weighted by Crippen LogP contribution is 1.98. The maximum atomic E-state index is 5.60. The number of aromatic nitrogens is 4. The van der Waals surface area contributed by atoms with Crippen molar-refractivity contribution >= 4 is 17.2 Å². The van der Waals surface area contributed by atoms with Gasteiger partial charge >= 0.3 is 5.65 Å². The Labute approximate surface area is 61.4 Å². The third-order valence-electron chi connectivity index (χ3n) is 1.17. The van der Waals surface area contributed by atoms with Crippen molar-refractivity contribution in [3.05, 3.63) is 23.6 Å². The van der Waals surface area contributed by atoms with Gasteiger partial charge in [-0.1, -0.05) is 16.7 Å². The number of hydrogen-bond acceptors (Lipinski definition) is 2. The molecule has 2 aromatic rings. The molecule has 10 heavy (non-hydrogen) atoms. The molecule has 0 saturated carbocycles. The van der Waals surface area contributed by atoms with Gasteiger partial charge in [-0.25, -0.2) is 0 Å². The van der Waals surface area contributed by atoms with Gasteiger partial charge < -0.3 is 0 Å². The highest BCUT2D eigenvalue weighted by molar-refractivity contribution is 6.29. The molecule has 2 heterocycles. The van der Waals surface area contributed by atoms with Gasteiger partial charge in [0.25, 0.3) is 0 Å². The van der Waals surface area contributed by atoms with E-state index in [0.717, 1.165) is 5.65 Å². The van der Waals surface area contributed by atoms with Gasteiger partial charge in [-0.15, -0.1) is 9.61 Å². The first-order valence-electron chi connectivity index (χ1n) is 2.74. The molecule has 0 aliphatic rings. The summed E-state index contributed by atoms with van der Waals surface area (Å²) in [6, 6.07) is 3.48. The maximum absolute atomic E-state index is 5.60. The predicted octanol–water partition coefficient (Wildman–Crippen LogP) is 0.197. The second-order valence-electron chi connectivity index (χ2n) is 1.83. The number of fused-ring (bicyclic) bond motifs is 1. The van der Waals surface area contributed by atoms with Crippen molar-refractivity contribution in [1.29, 1.82) is 0 Å². The molecule has 0 aliphatic heterocycles. The highest BCUT2D eigenvalue weighted by atomic mass is 35.5. The molecule has 2 aromatic heterocycles. The van der Waals surface area contributed by atoms with Gasteiger partial charge in [0.05, 0.1) is 0 Å². The minimum absolute atomic E-state index is 0.457. The molecule has 0 bridgehead atoms. The summed E-state index contributed by atoms with van der Waals surface area (Å²) in [6.45, 7) is 0. The van der Waals surface area contributed by atoms with Crippen LogP contribution in [0, 0.1) is 0 Å². The fourth-order valence-corrected chi connectivity index (χ4v) is 0.885. The summed E-state index contributed by atoms with van der Waals surface area (Å²) in [5.41, 5.74) is 0.754. The van der Waals surface area contributed by atoms with E-state index < -0.39 is 0 Å². The number of nitrogens with zero attached hydrogens (tertiary/aromatic N) is 3. The van der Waals surface area contributed by atoms with E-state index in [4.69, 9.17) is 11.6 Å². The summed E-state index contributed by atoms with van der Waals surface area (Å²) in [7, 11) is 0. The Balaban J connectivity index is 2.86.